The van der Waals surface area contributed by atoms with Gasteiger partial charge in [-0.1, -0.05) is 27.7 Å². The highest BCUT2D eigenvalue weighted by atomic mass is 16.7. The van der Waals surface area contributed by atoms with E-state index in [0.29, 0.717) is 30.0 Å². The standard InChI is InChI=1S/C14H20N2O3/c1-5-9-6-10(13(17)18)11-7-16(8-14(2,3)4)19-12(11)15-9/h6H,5,7-8H2,1-4H3,(H,17,18). The van der Waals surface area contributed by atoms with Crippen molar-refractivity contribution in [2.45, 2.75) is 40.7 Å². The van der Waals surface area contributed by atoms with Gasteiger partial charge in [0, 0.05) is 17.8 Å². The predicted molar refractivity (Wildman–Crippen MR) is 71.1 cm³/mol. The topological polar surface area (TPSA) is 62.7 Å². The molecule has 0 bridgehead atoms. The first-order chi connectivity index (χ1) is 8.80. The highest BCUT2D eigenvalue weighted by molar-refractivity contribution is 5.90. The number of carbonyl (C=O) groups is 1. The second kappa shape index (κ2) is 4.81. The zero-order chi connectivity index (χ0) is 14.2. The van der Waals surface area contributed by atoms with Crippen LogP contribution >= 0.6 is 0 Å². The molecule has 0 saturated carbocycles. The summed E-state index contributed by atoms with van der Waals surface area (Å²) in [5.74, 6) is -0.476. The Labute approximate surface area is 113 Å². The number of carboxylic acids is 1. The van der Waals surface area contributed by atoms with Crippen LogP contribution in [0.15, 0.2) is 6.07 Å². The fraction of sp³-hybridized carbons (Fsp3) is 0.571. The van der Waals surface area contributed by atoms with Crippen LogP contribution in [0.2, 0.25) is 0 Å². The van der Waals surface area contributed by atoms with Crippen molar-refractivity contribution in [3.63, 3.8) is 0 Å². The highest BCUT2D eigenvalue weighted by Gasteiger charge is 2.30. The lowest BCUT2D eigenvalue weighted by molar-refractivity contribution is -0.0687. The van der Waals surface area contributed by atoms with Gasteiger partial charge in [0.15, 0.2) is 0 Å². The maximum absolute atomic E-state index is 11.3. The maximum Gasteiger partial charge on any atom is 0.336 e. The van der Waals surface area contributed by atoms with Crippen molar-refractivity contribution in [2.75, 3.05) is 6.54 Å². The molecule has 0 aliphatic carbocycles. The van der Waals surface area contributed by atoms with Crippen LogP contribution in [0, 0.1) is 5.41 Å². The van der Waals surface area contributed by atoms with Crippen LogP contribution in [0.5, 0.6) is 5.88 Å². The Balaban J connectivity index is 2.31. The molecule has 1 aromatic rings. The van der Waals surface area contributed by atoms with Crippen molar-refractivity contribution in [2.24, 2.45) is 5.41 Å². The second-order valence-electron chi connectivity index (χ2n) is 6.05. The minimum Gasteiger partial charge on any atom is -0.478 e. The molecular weight excluding hydrogens is 244 g/mol. The van der Waals surface area contributed by atoms with Gasteiger partial charge in [-0.15, -0.1) is 5.06 Å². The molecular formula is C14H20N2O3. The summed E-state index contributed by atoms with van der Waals surface area (Å²) in [6, 6.07) is 1.64. The number of carboxylic acid groups (broad SMARTS) is 1. The molecule has 1 aliphatic rings. The number of hydroxylamine groups is 2. The quantitative estimate of drug-likeness (QED) is 0.908. The van der Waals surface area contributed by atoms with E-state index < -0.39 is 5.97 Å². The average Bonchev–Trinajstić information content (AvgIpc) is 2.66. The largest absolute Gasteiger partial charge is 0.478 e. The molecule has 0 atom stereocenters. The third-order valence-electron chi connectivity index (χ3n) is 2.93. The number of hydrogen-bond acceptors (Lipinski definition) is 4. The summed E-state index contributed by atoms with van der Waals surface area (Å²) >= 11 is 0. The summed E-state index contributed by atoms with van der Waals surface area (Å²) in [5, 5.41) is 11.1. The first-order valence-corrected chi connectivity index (χ1v) is 6.49. The van der Waals surface area contributed by atoms with E-state index in [-0.39, 0.29) is 5.41 Å². The van der Waals surface area contributed by atoms with E-state index in [9.17, 15) is 9.90 Å². The molecule has 0 unspecified atom stereocenters. The molecule has 1 aromatic heterocycles. The highest BCUT2D eigenvalue weighted by Crippen LogP contribution is 2.31. The smallest absolute Gasteiger partial charge is 0.336 e. The van der Waals surface area contributed by atoms with Crippen LogP contribution in [-0.2, 0) is 13.0 Å². The van der Waals surface area contributed by atoms with E-state index in [0.717, 1.165) is 12.2 Å². The number of aryl methyl sites for hydroxylation is 1. The molecule has 5 heteroatoms. The van der Waals surface area contributed by atoms with Crippen LogP contribution in [-0.4, -0.2) is 27.7 Å². The van der Waals surface area contributed by atoms with Crippen LogP contribution in [0.25, 0.3) is 0 Å². The second-order valence-corrected chi connectivity index (χ2v) is 6.05. The average molecular weight is 264 g/mol. The number of nitrogens with zero attached hydrogens (tertiary/aromatic N) is 2. The lowest BCUT2D eigenvalue weighted by Gasteiger charge is -2.24. The van der Waals surface area contributed by atoms with E-state index >= 15 is 0 Å². The van der Waals surface area contributed by atoms with Crippen molar-refractivity contribution in [3.8, 4) is 5.88 Å². The SMILES string of the molecule is CCc1cc(C(=O)O)c2c(n1)ON(CC(C)(C)C)C2. The van der Waals surface area contributed by atoms with Gasteiger partial charge in [0.1, 0.15) is 0 Å². The normalized spacial score (nSPS) is 15.2. The molecule has 0 aromatic carbocycles. The summed E-state index contributed by atoms with van der Waals surface area (Å²) in [6.07, 6.45) is 0.691. The minimum absolute atomic E-state index is 0.0824. The minimum atomic E-state index is -0.922. The number of hydrogen-bond donors (Lipinski definition) is 1. The lowest BCUT2D eigenvalue weighted by Crippen LogP contribution is -2.31. The van der Waals surface area contributed by atoms with Gasteiger partial charge in [-0.3, -0.25) is 0 Å². The zero-order valence-corrected chi connectivity index (χ0v) is 11.9. The van der Waals surface area contributed by atoms with Gasteiger partial charge >= 0.3 is 5.97 Å². The first kappa shape index (κ1) is 13.8. The van der Waals surface area contributed by atoms with Crippen molar-refractivity contribution in [1.82, 2.24) is 10.0 Å². The Kier molecular flexibility index (Phi) is 3.49. The van der Waals surface area contributed by atoms with E-state index in [1.807, 2.05) is 6.92 Å². The number of fused-ring (bicyclic) bond motifs is 1. The Morgan fingerprint density at radius 1 is 1.53 bits per heavy atom. The summed E-state index contributed by atoms with van der Waals surface area (Å²) in [5.41, 5.74) is 1.81. The Morgan fingerprint density at radius 2 is 2.21 bits per heavy atom. The van der Waals surface area contributed by atoms with Crippen molar-refractivity contribution >= 4 is 5.97 Å². The fourth-order valence-corrected chi connectivity index (χ4v) is 2.15. The van der Waals surface area contributed by atoms with E-state index in [4.69, 9.17) is 4.84 Å². The van der Waals surface area contributed by atoms with Crippen molar-refractivity contribution in [3.05, 3.63) is 22.9 Å². The van der Waals surface area contributed by atoms with Gasteiger partial charge in [-0.05, 0) is 17.9 Å². The van der Waals surface area contributed by atoms with Gasteiger partial charge in [-0.2, -0.15) is 0 Å². The molecule has 5 nitrogen and oxygen atoms in total. The number of rotatable bonds is 3. The molecule has 1 N–H and O–H groups in total. The molecule has 2 rings (SSSR count). The van der Waals surface area contributed by atoms with Gasteiger partial charge in [0.25, 0.3) is 0 Å². The van der Waals surface area contributed by atoms with E-state index in [2.05, 4.69) is 25.8 Å². The summed E-state index contributed by atoms with van der Waals surface area (Å²) in [7, 11) is 0. The van der Waals surface area contributed by atoms with Gasteiger partial charge in [0.2, 0.25) is 5.88 Å². The fourth-order valence-electron chi connectivity index (χ4n) is 2.15. The van der Waals surface area contributed by atoms with Crippen LogP contribution < -0.4 is 4.84 Å². The molecule has 0 fully saturated rings. The Bertz CT molecular complexity index is 506. The molecule has 0 spiro atoms. The number of aromatic carboxylic acids is 1. The van der Waals surface area contributed by atoms with E-state index in [1.165, 1.54) is 0 Å². The maximum atomic E-state index is 11.3. The molecule has 1 aliphatic heterocycles. The zero-order valence-electron chi connectivity index (χ0n) is 11.9. The first-order valence-electron chi connectivity index (χ1n) is 6.49. The van der Waals surface area contributed by atoms with Gasteiger partial charge in [0.05, 0.1) is 12.1 Å². The lowest BCUT2D eigenvalue weighted by atomic mass is 9.97. The molecule has 0 radical (unpaired) electrons. The Morgan fingerprint density at radius 3 is 2.74 bits per heavy atom. The van der Waals surface area contributed by atoms with E-state index in [1.54, 1.807) is 11.1 Å². The van der Waals surface area contributed by atoms with Crippen LogP contribution in [0.1, 0.15) is 49.3 Å². The Hall–Kier alpha value is -1.62. The van der Waals surface area contributed by atoms with Crippen LogP contribution in [0.4, 0.5) is 0 Å². The number of pyridine rings is 1. The molecule has 0 amide bonds. The predicted octanol–water partition coefficient (Wildman–Crippen LogP) is 2.50. The molecule has 0 saturated heterocycles. The molecule has 19 heavy (non-hydrogen) atoms. The van der Waals surface area contributed by atoms with Gasteiger partial charge in [-0.25, -0.2) is 9.78 Å². The summed E-state index contributed by atoms with van der Waals surface area (Å²) in [6.45, 7) is 9.49. The summed E-state index contributed by atoms with van der Waals surface area (Å²) in [4.78, 5) is 21.4. The summed E-state index contributed by atoms with van der Waals surface area (Å²) < 4.78 is 0. The van der Waals surface area contributed by atoms with Crippen molar-refractivity contribution in [1.29, 1.82) is 0 Å². The third-order valence-corrected chi connectivity index (χ3v) is 2.93. The molecule has 104 valence electrons. The van der Waals surface area contributed by atoms with Crippen LogP contribution in [0.3, 0.4) is 0 Å². The molecule has 2 heterocycles. The monoisotopic (exact) mass is 264 g/mol. The third kappa shape index (κ3) is 3.04. The number of aromatic nitrogens is 1. The van der Waals surface area contributed by atoms with Gasteiger partial charge < -0.3 is 9.94 Å². The van der Waals surface area contributed by atoms with Crippen molar-refractivity contribution < 1.29 is 14.7 Å².